The first-order valence-corrected chi connectivity index (χ1v) is 14.0. The summed E-state index contributed by atoms with van der Waals surface area (Å²) in [5.74, 6) is -0.348. The summed E-state index contributed by atoms with van der Waals surface area (Å²) >= 11 is 0. The molecule has 40 heavy (non-hydrogen) atoms. The molecule has 0 bridgehead atoms. The van der Waals surface area contributed by atoms with E-state index in [-0.39, 0.29) is 49.4 Å². The summed E-state index contributed by atoms with van der Waals surface area (Å²) in [5, 5.41) is 4.35. The molecule has 2 aliphatic carbocycles. The molecule has 0 aromatic carbocycles. The number of pyridine rings is 1. The predicted molar refractivity (Wildman–Crippen MR) is 145 cm³/mol. The van der Waals surface area contributed by atoms with E-state index in [1.807, 2.05) is 19.9 Å². The quantitative estimate of drug-likeness (QED) is 0.306. The minimum Gasteiger partial charge on any atom is -0.488 e. The minimum atomic E-state index is -0.433. The second kappa shape index (κ2) is 13.1. The molecule has 0 spiro atoms. The number of rotatable bonds is 10. The van der Waals surface area contributed by atoms with E-state index in [0.29, 0.717) is 34.8 Å². The molecule has 11 nitrogen and oxygen atoms in total. The Balaban J connectivity index is 1.50. The van der Waals surface area contributed by atoms with E-state index in [4.69, 9.17) is 23.9 Å². The van der Waals surface area contributed by atoms with Crippen LogP contribution in [0, 0.1) is 5.92 Å². The zero-order valence-electron chi connectivity index (χ0n) is 24.1. The van der Waals surface area contributed by atoms with Crippen LogP contribution in [-0.4, -0.2) is 63.0 Å². The van der Waals surface area contributed by atoms with Crippen LogP contribution in [0.2, 0.25) is 0 Å². The summed E-state index contributed by atoms with van der Waals surface area (Å²) in [6.07, 6.45) is 7.03. The summed E-state index contributed by atoms with van der Waals surface area (Å²) in [6.45, 7) is 4.99. The first-order valence-electron chi connectivity index (χ1n) is 14.0. The molecule has 2 fully saturated rings. The van der Waals surface area contributed by atoms with Crippen LogP contribution >= 0.6 is 0 Å². The van der Waals surface area contributed by atoms with Crippen LogP contribution in [0.25, 0.3) is 11.3 Å². The van der Waals surface area contributed by atoms with E-state index in [0.717, 1.165) is 38.5 Å². The highest BCUT2D eigenvalue weighted by molar-refractivity contribution is 5.72. The van der Waals surface area contributed by atoms with Gasteiger partial charge in [0.2, 0.25) is 0 Å². The number of hydrogen-bond acceptors (Lipinski definition) is 9. The van der Waals surface area contributed by atoms with Crippen molar-refractivity contribution >= 4 is 18.0 Å². The molecule has 1 unspecified atom stereocenters. The van der Waals surface area contributed by atoms with Crippen molar-refractivity contribution in [1.82, 2.24) is 19.7 Å². The zero-order valence-corrected chi connectivity index (χ0v) is 24.1. The molecular weight excluding hydrogens is 516 g/mol. The lowest BCUT2D eigenvalue weighted by atomic mass is 9.87. The number of carbonyl (C=O) groups is 3. The molecule has 2 heterocycles. The summed E-state index contributed by atoms with van der Waals surface area (Å²) in [6, 6.07) is 3.84. The van der Waals surface area contributed by atoms with E-state index in [1.54, 1.807) is 35.9 Å². The lowest BCUT2D eigenvalue weighted by molar-refractivity contribution is -0.154. The van der Waals surface area contributed by atoms with E-state index in [2.05, 4.69) is 5.10 Å². The van der Waals surface area contributed by atoms with Gasteiger partial charge < -0.3 is 23.8 Å². The summed E-state index contributed by atoms with van der Waals surface area (Å²) < 4.78 is 24.3. The summed E-state index contributed by atoms with van der Waals surface area (Å²) in [4.78, 5) is 43.1. The fraction of sp³-hybridized carbons (Fsp3) is 0.621. The van der Waals surface area contributed by atoms with Crippen LogP contribution in [-0.2, 0) is 44.1 Å². The van der Waals surface area contributed by atoms with Crippen LogP contribution in [0.1, 0.15) is 77.1 Å². The van der Waals surface area contributed by atoms with Gasteiger partial charge in [0.25, 0.3) is 0 Å². The van der Waals surface area contributed by atoms with Crippen LogP contribution in [0.5, 0.6) is 5.75 Å². The number of amides is 1. The third-order valence-electron chi connectivity index (χ3n) is 7.53. The van der Waals surface area contributed by atoms with Gasteiger partial charge in [-0.1, -0.05) is 0 Å². The van der Waals surface area contributed by atoms with Gasteiger partial charge in [-0.05, 0) is 70.9 Å². The lowest BCUT2D eigenvalue weighted by Crippen LogP contribution is -2.41. The molecule has 2 atom stereocenters. The lowest BCUT2D eigenvalue weighted by Gasteiger charge is -2.33. The third kappa shape index (κ3) is 7.31. The van der Waals surface area contributed by atoms with Crippen molar-refractivity contribution in [3.63, 3.8) is 0 Å². The maximum absolute atomic E-state index is 12.6. The molecule has 4 rings (SSSR count). The van der Waals surface area contributed by atoms with Crippen molar-refractivity contribution in [1.29, 1.82) is 0 Å². The number of aryl methyl sites for hydroxylation is 1. The topological polar surface area (TPSA) is 122 Å². The fourth-order valence-corrected chi connectivity index (χ4v) is 5.00. The molecule has 0 aliphatic heterocycles. The fourth-order valence-electron chi connectivity index (χ4n) is 5.00. The van der Waals surface area contributed by atoms with Gasteiger partial charge in [-0.25, -0.2) is 9.78 Å². The Morgan fingerprint density at radius 2 is 1.82 bits per heavy atom. The van der Waals surface area contributed by atoms with Crippen molar-refractivity contribution in [2.45, 2.75) is 97.2 Å². The first kappa shape index (κ1) is 29.4. The number of esters is 2. The second-order valence-electron chi connectivity index (χ2n) is 10.9. The van der Waals surface area contributed by atoms with Gasteiger partial charge in [-0.3, -0.25) is 14.3 Å². The molecular formula is C29H40N4O7. The van der Waals surface area contributed by atoms with Gasteiger partial charge in [-0.2, -0.15) is 5.10 Å². The highest BCUT2D eigenvalue weighted by atomic mass is 16.6. The smallest absolute Gasteiger partial charge is 0.410 e. The minimum absolute atomic E-state index is 0.0386. The Bertz CT molecular complexity index is 1210. The van der Waals surface area contributed by atoms with Crippen molar-refractivity contribution in [2.75, 3.05) is 7.05 Å². The Labute approximate surface area is 235 Å². The monoisotopic (exact) mass is 556 g/mol. The number of carbonyl (C=O) groups excluding carboxylic acids is 3. The number of hydrogen-bond donors (Lipinski definition) is 0. The van der Waals surface area contributed by atoms with Crippen LogP contribution in [0.4, 0.5) is 4.79 Å². The van der Waals surface area contributed by atoms with E-state index in [9.17, 15) is 14.4 Å². The first-order chi connectivity index (χ1) is 19.1. The third-order valence-corrected chi connectivity index (χ3v) is 7.53. The molecule has 2 aromatic rings. The number of aromatic nitrogens is 3. The van der Waals surface area contributed by atoms with E-state index >= 15 is 0 Å². The van der Waals surface area contributed by atoms with Crippen LogP contribution < -0.4 is 4.74 Å². The summed E-state index contributed by atoms with van der Waals surface area (Å²) in [7, 11) is 3.54. The van der Waals surface area contributed by atoms with E-state index in [1.165, 1.54) is 6.92 Å². The molecule has 218 valence electrons. The van der Waals surface area contributed by atoms with Crippen molar-refractivity contribution < 1.29 is 33.3 Å². The highest BCUT2D eigenvalue weighted by Gasteiger charge is 2.31. The average molecular weight is 557 g/mol. The van der Waals surface area contributed by atoms with Gasteiger partial charge in [0, 0.05) is 32.6 Å². The molecule has 0 saturated heterocycles. The Hall–Kier alpha value is -3.63. The highest BCUT2D eigenvalue weighted by Crippen LogP contribution is 2.32. The second-order valence-corrected chi connectivity index (χ2v) is 10.9. The van der Waals surface area contributed by atoms with Gasteiger partial charge in [-0.15, -0.1) is 0 Å². The van der Waals surface area contributed by atoms with E-state index < -0.39 is 5.97 Å². The Morgan fingerprint density at radius 3 is 2.50 bits per heavy atom. The average Bonchev–Trinajstić information content (AvgIpc) is 3.25. The predicted octanol–water partition coefficient (Wildman–Crippen LogP) is 4.56. The van der Waals surface area contributed by atoms with Gasteiger partial charge in [0.05, 0.1) is 35.7 Å². The number of nitrogens with zero attached hydrogens (tertiary/aromatic N) is 4. The SMILES string of the molecule is CC(=O)OCc1nc(-c2cnn(C)c2COC(=O)N(C)C2CCC2)ccc1OC1CCC[C@@H](C(=O)OC(C)C)C1. The molecule has 11 heteroatoms. The molecule has 2 aromatic heterocycles. The van der Waals surface area contributed by atoms with Gasteiger partial charge >= 0.3 is 18.0 Å². The van der Waals surface area contributed by atoms with Gasteiger partial charge in [0.15, 0.2) is 0 Å². The largest absolute Gasteiger partial charge is 0.488 e. The van der Waals surface area contributed by atoms with Gasteiger partial charge in [0.1, 0.15) is 24.7 Å². The van der Waals surface area contributed by atoms with Crippen molar-refractivity contribution in [3.8, 4) is 17.0 Å². The molecule has 1 amide bonds. The molecule has 2 saturated carbocycles. The molecule has 0 radical (unpaired) electrons. The Kier molecular flexibility index (Phi) is 9.65. The van der Waals surface area contributed by atoms with Crippen molar-refractivity contribution in [2.24, 2.45) is 13.0 Å². The summed E-state index contributed by atoms with van der Waals surface area (Å²) in [5.41, 5.74) is 2.43. The molecule has 2 aliphatic rings. The maximum Gasteiger partial charge on any atom is 0.410 e. The number of ether oxygens (including phenoxy) is 4. The maximum atomic E-state index is 12.6. The van der Waals surface area contributed by atoms with Crippen molar-refractivity contribution in [3.05, 3.63) is 29.7 Å². The van der Waals surface area contributed by atoms with Crippen LogP contribution in [0.3, 0.4) is 0 Å². The normalized spacial score (nSPS) is 19.1. The standard InChI is InChI=1S/C29H40N4O7/c1-18(2)39-28(35)20-8-6-11-22(14-20)40-27-13-12-24(31-25(27)16-37-19(3)34)23-15-30-33(5)26(23)17-38-29(36)32(4)21-9-7-10-21/h12-13,15,18,20-22H,6-11,14,16-17H2,1-5H3/t20-,22?/m1/s1. The molecule has 0 N–H and O–H groups in total. The Morgan fingerprint density at radius 1 is 1.07 bits per heavy atom. The van der Waals surface area contributed by atoms with Crippen LogP contribution in [0.15, 0.2) is 18.3 Å². The zero-order chi connectivity index (χ0) is 28.8.